The van der Waals surface area contributed by atoms with Gasteiger partial charge in [-0.3, -0.25) is 19.7 Å². The van der Waals surface area contributed by atoms with E-state index in [1.807, 2.05) is 10.6 Å². The van der Waals surface area contributed by atoms with E-state index in [9.17, 15) is 54.0 Å². The second kappa shape index (κ2) is 21.0. The van der Waals surface area contributed by atoms with Gasteiger partial charge in [-0.1, -0.05) is 27.7 Å². The van der Waals surface area contributed by atoms with Crippen LogP contribution in [0, 0.1) is 10.8 Å². The molecule has 20 heteroatoms. The second-order valence-electron chi connectivity index (χ2n) is 9.83. The van der Waals surface area contributed by atoms with Crippen molar-refractivity contribution in [3.63, 3.8) is 0 Å². The number of amides is 7. The van der Waals surface area contributed by atoms with Crippen LogP contribution in [-0.2, 0) is 24.0 Å². The molecule has 7 amide bonds. The number of rotatable bonds is 13. The Balaban J connectivity index is -0.000000543. The van der Waals surface area contributed by atoms with E-state index in [2.05, 4.69) is 16.0 Å². The molecule has 0 bridgehead atoms. The molecule has 0 saturated carbocycles. The number of aliphatic carboxylic acids is 2. The fourth-order valence-electron chi connectivity index (χ4n) is 2.31. The van der Waals surface area contributed by atoms with Gasteiger partial charge in [0, 0.05) is 48.7 Å². The van der Waals surface area contributed by atoms with Crippen molar-refractivity contribution in [2.75, 3.05) is 26.3 Å². The Kier molecular flexibility index (Phi) is 21.8. The molecule has 0 spiro atoms. The van der Waals surface area contributed by atoms with Crippen molar-refractivity contribution in [2.24, 2.45) is 16.6 Å². The fourth-order valence-corrected chi connectivity index (χ4v) is 2.31. The van der Waals surface area contributed by atoms with E-state index in [1.54, 1.807) is 0 Å². The van der Waals surface area contributed by atoms with Crippen LogP contribution in [-0.4, -0.2) is 145 Å². The third kappa shape index (κ3) is 18.6. The van der Waals surface area contributed by atoms with Crippen molar-refractivity contribution >= 4 is 79.5 Å². The van der Waals surface area contributed by atoms with E-state index in [4.69, 9.17) is 15.9 Å². The molecule has 3 atom stereocenters. The summed E-state index contributed by atoms with van der Waals surface area (Å²) in [6.45, 7) is 5.21. The van der Waals surface area contributed by atoms with Crippen LogP contribution in [0.1, 0.15) is 40.5 Å². The molecular formula is C22H38CaN6O13. The number of carboxylic acid groups (broad SMARTS) is 2. The van der Waals surface area contributed by atoms with Gasteiger partial charge in [-0.25, -0.2) is 9.59 Å². The number of nitrogens with two attached hydrogens (primary N) is 1. The normalized spacial score (nSPS) is 15.4. The molecule has 0 aromatic heterocycles. The summed E-state index contributed by atoms with van der Waals surface area (Å²) in [6, 6.07) is -1.51. The van der Waals surface area contributed by atoms with E-state index in [1.165, 1.54) is 27.7 Å². The predicted octanol–water partition coefficient (Wildman–Crippen LogP) is -7.32. The van der Waals surface area contributed by atoms with Crippen LogP contribution in [0.15, 0.2) is 0 Å². The van der Waals surface area contributed by atoms with Crippen LogP contribution in [0.25, 0.3) is 0 Å². The molecule has 3 unspecified atom stereocenters. The molecule has 0 aromatic rings. The largest absolute Gasteiger partial charge is 2.00 e. The number of imide groups is 1. The van der Waals surface area contributed by atoms with Gasteiger partial charge >= 0.3 is 49.8 Å². The number of carbonyl (C=O) groups is 7. The molecule has 1 fully saturated rings. The summed E-state index contributed by atoms with van der Waals surface area (Å²) in [5.41, 5.74) is 2.79. The smallest absolute Gasteiger partial charge is 0.550 e. The Morgan fingerprint density at radius 3 is 1.45 bits per heavy atom. The van der Waals surface area contributed by atoms with Gasteiger partial charge in [0.15, 0.2) is 6.17 Å². The first-order valence-corrected chi connectivity index (χ1v) is 11.9. The standard InChI is InChI=1S/2C9H17NO5.C4H6N4O3.Ca/c2*1-9(2,5-11)7(14)8(15)10-4-3-6(12)13;5-3(10)6-1-2(9)8-4(11)7-1;/h2*7,11,14H,3-5H2,1-2H3,(H,10,15)(H,12,13);1H,(H3,5,6,10)(H2,7,8,9,11);/q;;;+2/p-2. The molecule has 0 aliphatic carbocycles. The van der Waals surface area contributed by atoms with E-state index < -0.39 is 70.9 Å². The molecule has 1 aliphatic rings. The Labute approximate surface area is 271 Å². The Morgan fingerprint density at radius 1 is 0.857 bits per heavy atom. The number of carbonyl (C=O) groups excluding carboxylic acids is 7. The number of carboxylic acids is 2. The molecule has 42 heavy (non-hydrogen) atoms. The molecule has 1 heterocycles. The SMILES string of the molecule is CC(C)(CO)C(O)C(=O)NCCC(=O)[O-].CC(C)(CO)C(O)C(=O)NCCC(=O)[O-].NC(=O)NC1NC(=O)NC1=O.[Ca+2]. The van der Waals surface area contributed by atoms with Gasteiger partial charge in [0.1, 0.15) is 12.2 Å². The molecule has 1 rings (SSSR count). The van der Waals surface area contributed by atoms with Gasteiger partial charge in [0.2, 0.25) is 11.8 Å². The zero-order valence-electron chi connectivity index (χ0n) is 23.7. The zero-order valence-corrected chi connectivity index (χ0v) is 25.9. The molecule has 11 N–H and O–H groups in total. The summed E-state index contributed by atoms with van der Waals surface area (Å²) in [5, 5.41) is 67.3. The summed E-state index contributed by atoms with van der Waals surface area (Å²) in [7, 11) is 0. The van der Waals surface area contributed by atoms with Crippen LogP contribution >= 0.6 is 0 Å². The predicted molar refractivity (Wildman–Crippen MR) is 138 cm³/mol. The van der Waals surface area contributed by atoms with Crippen LogP contribution in [0.3, 0.4) is 0 Å². The maximum atomic E-state index is 11.2. The maximum absolute atomic E-state index is 11.2. The van der Waals surface area contributed by atoms with Crippen molar-refractivity contribution in [2.45, 2.75) is 58.9 Å². The second-order valence-corrected chi connectivity index (χ2v) is 9.83. The summed E-state index contributed by atoms with van der Waals surface area (Å²) >= 11 is 0. The first-order chi connectivity index (χ1) is 18.7. The minimum Gasteiger partial charge on any atom is -0.550 e. The van der Waals surface area contributed by atoms with Crippen molar-refractivity contribution in [1.82, 2.24) is 26.6 Å². The number of hydrogen-bond donors (Lipinski definition) is 10. The van der Waals surface area contributed by atoms with Gasteiger partial charge in [-0.2, -0.15) is 0 Å². The van der Waals surface area contributed by atoms with Crippen molar-refractivity contribution in [3.8, 4) is 0 Å². The number of urea groups is 2. The van der Waals surface area contributed by atoms with Crippen molar-refractivity contribution in [3.05, 3.63) is 0 Å². The van der Waals surface area contributed by atoms with Crippen molar-refractivity contribution < 1.29 is 64.2 Å². The Bertz CT molecular complexity index is 898. The number of nitrogens with one attached hydrogen (secondary N) is 5. The molecule has 19 nitrogen and oxygen atoms in total. The van der Waals surface area contributed by atoms with Crippen LogP contribution < -0.4 is 42.5 Å². The summed E-state index contributed by atoms with van der Waals surface area (Å²) in [5.74, 6) is -4.56. The van der Waals surface area contributed by atoms with Gasteiger partial charge in [0.05, 0.1) is 13.2 Å². The maximum Gasteiger partial charge on any atom is 2.00 e. The van der Waals surface area contributed by atoms with Gasteiger partial charge in [-0.15, -0.1) is 0 Å². The topological polar surface area (TPSA) is 333 Å². The van der Waals surface area contributed by atoms with E-state index in [0.717, 1.165) is 0 Å². The minimum absolute atomic E-state index is 0. The fraction of sp³-hybridized carbons (Fsp3) is 0.682. The molecule has 236 valence electrons. The van der Waals surface area contributed by atoms with Crippen LogP contribution in [0.2, 0.25) is 0 Å². The summed E-state index contributed by atoms with van der Waals surface area (Å²) < 4.78 is 0. The minimum atomic E-state index is -1.37. The quantitative estimate of drug-likeness (QED) is 0.0665. The van der Waals surface area contributed by atoms with Crippen LogP contribution in [0.4, 0.5) is 9.59 Å². The molecule has 1 saturated heterocycles. The Hall–Kier alpha value is -2.81. The first kappa shape index (κ1) is 43.6. The van der Waals surface area contributed by atoms with E-state index in [-0.39, 0.29) is 76.9 Å². The Morgan fingerprint density at radius 2 is 1.21 bits per heavy atom. The zero-order chi connectivity index (χ0) is 32.6. The van der Waals surface area contributed by atoms with Crippen LogP contribution in [0.5, 0.6) is 0 Å². The number of hydrogen-bond acceptors (Lipinski definition) is 13. The summed E-state index contributed by atoms with van der Waals surface area (Å²) in [4.78, 5) is 73.8. The first-order valence-electron chi connectivity index (χ1n) is 11.9. The van der Waals surface area contributed by atoms with Gasteiger partial charge < -0.3 is 67.2 Å². The number of primary amides is 1. The number of aliphatic hydroxyl groups is 4. The van der Waals surface area contributed by atoms with Gasteiger partial charge in [-0.05, 0) is 0 Å². The number of aliphatic hydroxyl groups excluding tert-OH is 4. The third-order valence-electron chi connectivity index (χ3n) is 5.11. The molecule has 0 aromatic carbocycles. The molecule has 1 aliphatic heterocycles. The molecule has 0 radical (unpaired) electrons. The average Bonchev–Trinajstić information content (AvgIpc) is 3.18. The molecular weight excluding hydrogens is 596 g/mol. The van der Waals surface area contributed by atoms with E-state index >= 15 is 0 Å². The van der Waals surface area contributed by atoms with Crippen molar-refractivity contribution in [1.29, 1.82) is 0 Å². The summed E-state index contributed by atoms with van der Waals surface area (Å²) in [6.07, 6.45) is -4.40. The van der Waals surface area contributed by atoms with E-state index in [0.29, 0.717) is 0 Å². The van der Waals surface area contributed by atoms with Gasteiger partial charge in [0.25, 0.3) is 5.91 Å². The monoisotopic (exact) mass is 634 g/mol. The average molecular weight is 635 g/mol. The third-order valence-corrected chi connectivity index (χ3v) is 5.11.